The highest BCUT2D eigenvalue weighted by atomic mass is 16.2. The molecule has 1 unspecified atom stereocenters. The molecule has 0 saturated carbocycles. The lowest BCUT2D eigenvalue weighted by molar-refractivity contribution is 0.0926. The maximum Gasteiger partial charge on any atom is 0.272 e. The van der Waals surface area contributed by atoms with Crippen LogP contribution in [0.3, 0.4) is 0 Å². The molecule has 1 amide bonds. The SMILES string of the molecule is O=C(NC1CCCc2c1[nH]c1ccccc21)c1n[nH]c2c1CCCCC2. The standard InChI is InChI=1S/C21H24N4O/c26-21(20-15-8-2-1-3-11-17(15)24-25-20)23-18-12-6-9-14-13-7-4-5-10-16(13)22-19(14)18/h4-5,7,10,18,22H,1-3,6,8-9,11-12H2,(H,23,26)(H,24,25). The fourth-order valence-corrected chi connectivity index (χ4v) is 4.63. The zero-order valence-electron chi connectivity index (χ0n) is 14.9. The maximum atomic E-state index is 13.0. The summed E-state index contributed by atoms with van der Waals surface area (Å²) < 4.78 is 0. The minimum absolute atomic E-state index is 0.0387. The molecule has 0 aliphatic heterocycles. The van der Waals surface area contributed by atoms with Crippen LogP contribution in [0.5, 0.6) is 0 Å². The van der Waals surface area contributed by atoms with Crippen LogP contribution in [0, 0.1) is 0 Å². The summed E-state index contributed by atoms with van der Waals surface area (Å²) in [5.41, 5.74) is 6.58. The molecule has 2 aromatic heterocycles. The van der Waals surface area contributed by atoms with Gasteiger partial charge in [0.1, 0.15) is 0 Å². The monoisotopic (exact) mass is 348 g/mol. The number of rotatable bonds is 2. The zero-order chi connectivity index (χ0) is 17.5. The van der Waals surface area contributed by atoms with Crippen LogP contribution in [-0.4, -0.2) is 21.1 Å². The highest BCUT2D eigenvalue weighted by molar-refractivity contribution is 5.94. The number of nitrogens with zero attached hydrogens (tertiary/aromatic N) is 1. The van der Waals surface area contributed by atoms with Gasteiger partial charge in [0, 0.05) is 27.9 Å². The maximum absolute atomic E-state index is 13.0. The summed E-state index contributed by atoms with van der Waals surface area (Å²) in [5.74, 6) is -0.0408. The van der Waals surface area contributed by atoms with E-state index in [4.69, 9.17) is 0 Å². The molecule has 0 saturated heterocycles. The van der Waals surface area contributed by atoms with Crippen molar-refractivity contribution in [2.24, 2.45) is 0 Å². The molecule has 2 aliphatic carbocycles. The highest BCUT2D eigenvalue weighted by Crippen LogP contribution is 2.35. The Balaban J connectivity index is 1.44. The number of hydrogen-bond acceptors (Lipinski definition) is 2. The largest absolute Gasteiger partial charge is 0.356 e. The van der Waals surface area contributed by atoms with E-state index < -0.39 is 0 Å². The third-order valence-electron chi connectivity index (χ3n) is 5.94. The molecule has 2 heterocycles. The molecule has 5 heteroatoms. The Kier molecular flexibility index (Phi) is 3.80. The van der Waals surface area contributed by atoms with E-state index in [0.717, 1.165) is 55.3 Å². The molecule has 1 aromatic carbocycles. The van der Waals surface area contributed by atoms with E-state index in [1.54, 1.807) is 0 Å². The number of benzene rings is 1. The Morgan fingerprint density at radius 2 is 1.88 bits per heavy atom. The number of aromatic amines is 2. The number of para-hydroxylation sites is 1. The number of nitrogens with one attached hydrogen (secondary N) is 3. The molecule has 0 spiro atoms. The van der Waals surface area contributed by atoms with Gasteiger partial charge in [-0.2, -0.15) is 5.10 Å². The topological polar surface area (TPSA) is 73.6 Å². The smallest absolute Gasteiger partial charge is 0.272 e. The predicted molar refractivity (Wildman–Crippen MR) is 101 cm³/mol. The van der Waals surface area contributed by atoms with E-state index in [0.29, 0.717) is 5.69 Å². The lowest BCUT2D eigenvalue weighted by Gasteiger charge is -2.23. The van der Waals surface area contributed by atoms with Crippen molar-refractivity contribution < 1.29 is 4.79 Å². The number of fused-ring (bicyclic) bond motifs is 4. The molecule has 3 N–H and O–H groups in total. The molecule has 3 aromatic rings. The van der Waals surface area contributed by atoms with E-state index in [1.807, 2.05) is 0 Å². The van der Waals surface area contributed by atoms with Gasteiger partial charge >= 0.3 is 0 Å². The first-order valence-corrected chi connectivity index (χ1v) is 9.77. The molecule has 0 fully saturated rings. The van der Waals surface area contributed by atoms with Crippen molar-refractivity contribution in [2.45, 2.75) is 57.4 Å². The van der Waals surface area contributed by atoms with E-state index in [-0.39, 0.29) is 11.9 Å². The first-order chi connectivity index (χ1) is 12.8. The van der Waals surface area contributed by atoms with E-state index in [1.165, 1.54) is 29.5 Å². The number of aromatic nitrogens is 3. The molecule has 1 atom stereocenters. The minimum atomic E-state index is -0.0408. The lowest BCUT2D eigenvalue weighted by Crippen LogP contribution is -2.32. The van der Waals surface area contributed by atoms with Crippen LogP contribution in [0.2, 0.25) is 0 Å². The molecule has 0 radical (unpaired) electrons. The van der Waals surface area contributed by atoms with Crippen LogP contribution < -0.4 is 5.32 Å². The highest BCUT2D eigenvalue weighted by Gasteiger charge is 2.28. The predicted octanol–water partition coefficient (Wildman–Crippen LogP) is 3.97. The second kappa shape index (κ2) is 6.31. The van der Waals surface area contributed by atoms with Gasteiger partial charge in [0.2, 0.25) is 0 Å². The van der Waals surface area contributed by atoms with Gasteiger partial charge in [-0.15, -0.1) is 0 Å². The lowest BCUT2D eigenvalue weighted by atomic mass is 9.91. The summed E-state index contributed by atoms with van der Waals surface area (Å²) in [5, 5.41) is 12.0. The van der Waals surface area contributed by atoms with Crippen molar-refractivity contribution in [2.75, 3.05) is 0 Å². The van der Waals surface area contributed by atoms with E-state index in [9.17, 15) is 4.79 Å². The Morgan fingerprint density at radius 1 is 1.04 bits per heavy atom. The first-order valence-electron chi connectivity index (χ1n) is 9.77. The van der Waals surface area contributed by atoms with E-state index in [2.05, 4.69) is 44.8 Å². The van der Waals surface area contributed by atoms with Crippen LogP contribution in [0.4, 0.5) is 0 Å². The third-order valence-corrected chi connectivity index (χ3v) is 5.94. The zero-order valence-corrected chi connectivity index (χ0v) is 14.9. The van der Waals surface area contributed by atoms with Gasteiger partial charge < -0.3 is 10.3 Å². The van der Waals surface area contributed by atoms with Gasteiger partial charge in [-0.1, -0.05) is 24.6 Å². The van der Waals surface area contributed by atoms with Crippen molar-refractivity contribution in [1.29, 1.82) is 0 Å². The average Bonchev–Trinajstić information content (AvgIpc) is 3.16. The number of hydrogen-bond donors (Lipinski definition) is 3. The normalized spacial score (nSPS) is 19.6. The fourth-order valence-electron chi connectivity index (χ4n) is 4.63. The number of amides is 1. The van der Waals surface area contributed by atoms with Crippen LogP contribution >= 0.6 is 0 Å². The molecule has 2 aliphatic rings. The van der Waals surface area contributed by atoms with Crippen molar-refractivity contribution >= 4 is 16.8 Å². The van der Waals surface area contributed by atoms with Crippen LogP contribution in [0.25, 0.3) is 10.9 Å². The summed E-state index contributed by atoms with van der Waals surface area (Å²) in [4.78, 5) is 16.5. The van der Waals surface area contributed by atoms with Gasteiger partial charge in [-0.3, -0.25) is 9.89 Å². The Hall–Kier alpha value is -2.56. The summed E-state index contributed by atoms with van der Waals surface area (Å²) in [6.45, 7) is 0. The minimum Gasteiger partial charge on any atom is -0.356 e. The molecular weight excluding hydrogens is 324 g/mol. The number of H-pyrrole nitrogens is 2. The first kappa shape index (κ1) is 15.7. The van der Waals surface area contributed by atoms with Crippen LogP contribution in [0.15, 0.2) is 24.3 Å². The van der Waals surface area contributed by atoms with Gasteiger partial charge in [-0.25, -0.2) is 0 Å². The van der Waals surface area contributed by atoms with Crippen molar-refractivity contribution in [3.05, 3.63) is 52.5 Å². The molecule has 0 bridgehead atoms. The number of carbonyl (C=O) groups excluding carboxylic acids is 1. The summed E-state index contributed by atoms with van der Waals surface area (Å²) in [6.07, 6.45) is 8.65. The van der Waals surface area contributed by atoms with E-state index >= 15 is 0 Å². The summed E-state index contributed by atoms with van der Waals surface area (Å²) in [7, 11) is 0. The van der Waals surface area contributed by atoms with Gasteiger partial charge in [0.15, 0.2) is 5.69 Å². The van der Waals surface area contributed by atoms with Crippen molar-refractivity contribution in [3.8, 4) is 0 Å². The molecule has 26 heavy (non-hydrogen) atoms. The second-order valence-corrected chi connectivity index (χ2v) is 7.57. The van der Waals surface area contributed by atoms with Crippen LogP contribution in [0.1, 0.15) is 71.1 Å². The fraction of sp³-hybridized carbons (Fsp3) is 0.429. The molecule has 5 rings (SSSR count). The molecular formula is C21H24N4O. The molecule has 134 valence electrons. The Bertz CT molecular complexity index is 968. The van der Waals surface area contributed by atoms with Crippen molar-refractivity contribution in [3.63, 3.8) is 0 Å². The molecule has 5 nitrogen and oxygen atoms in total. The summed E-state index contributed by atoms with van der Waals surface area (Å²) >= 11 is 0. The number of carbonyl (C=O) groups is 1. The number of aryl methyl sites for hydroxylation is 2. The van der Waals surface area contributed by atoms with Crippen molar-refractivity contribution in [1.82, 2.24) is 20.5 Å². The van der Waals surface area contributed by atoms with Gasteiger partial charge in [-0.05, 0) is 56.6 Å². The van der Waals surface area contributed by atoms with Gasteiger partial charge in [0.05, 0.1) is 6.04 Å². The average molecular weight is 348 g/mol. The second-order valence-electron chi connectivity index (χ2n) is 7.57. The third kappa shape index (κ3) is 2.54. The van der Waals surface area contributed by atoms with Gasteiger partial charge in [0.25, 0.3) is 5.91 Å². The Labute approximate surface area is 152 Å². The Morgan fingerprint density at radius 3 is 2.85 bits per heavy atom. The summed E-state index contributed by atoms with van der Waals surface area (Å²) in [6, 6.07) is 8.45. The quantitative estimate of drug-likeness (QED) is 0.613. The van der Waals surface area contributed by atoms with Crippen LogP contribution in [-0.2, 0) is 19.3 Å².